The minimum atomic E-state index is -0.258. The van der Waals surface area contributed by atoms with Crippen molar-refractivity contribution in [2.45, 2.75) is 19.3 Å². The van der Waals surface area contributed by atoms with Gasteiger partial charge in [-0.25, -0.2) is 4.98 Å². The monoisotopic (exact) mass is 266 g/mol. The van der Waals surface area contributed by atoms with Crippen LogP contribution in [0.1, 0.15) is 18.4 Å². The highest BCUT2D eigenvalue weighted by Gasteiger charge is 1.98. The Bertz CT molecular complexity index is 304. The second kappa shape index (κ2) is 9.24. The van der Waals surface area contributed by atoms with Crippen molar-refractivity contribution in [3.8, 4) is 5.88 Å². The number of halogens is 2. The smallest absolute Gasteiger partial charge is 0.217 e. The van der Waals surface area contributed by atoms with Crippen molar-refractivity contribution >= 4 is 30.7 Å². The van der Waals surface area contributed by atoms with E-state index in [1.54, 1.807) is 19.4 Å². The Morgan fingerprint density at radius 3 is 2.56 bits per heavy atom. The Kier molecular flexibility index (Phi) is 10.0. The van der Waals surface area contributed by atoms with Gasteiger partial charge in [0, 0.05) is 18.7 Å². The molecule has 0 radical (unpaired) electrons. The summed E-state index contributed by atoms with van der Waals surface area (Å²) in [4.78, 5) is 14.5. The van der Waals surface area contributed by atoms with Gasteiger partial charge in [-0.3, -0.25) is 4.79 Å². The number of rotatable bonds is 5. The molecule has 2 N–H and O–H groups in total. The van der Waals surface area contributed by atoms with E-state index in [1.165, 1.54) is 0 Å². The predicted octanol–water partition coefficient (Wildman–Crippen LogP) is 1.74. The van der Waals surface area contributed by atoms with Crippen LogP contribution in [0, 0.1) is 0 Å². The summed E-state index contributed by atoms with van der Waals surface area (Å²) in [5.74, 6) is 0.343. The van der Waals surface area contributed by atoms with Crippen LogP contribution in [0.4, 0.5) is 0 Å². The number of carbonyl (C=O) groups is 1. The Balaban J connectivity index is 0. The normalized spacial score (nSPS) is 8.56. The number of nitrogens with zero attached hydrogens (tertiary/aromatic N) is 1. The van der Waals surface area contributed by atoms with Crippen LogP contribution in [0.5, 0.6) is 5.88 Å². The van der Waals surface area contributed by atoms with Crippen LogP contribution in [-0.2, 0) is 11.2 Å². The van der Waals surface area contributed by atoms with Crippen LogP contribution in [0.3, 0.4) is 0 Å². The molecule has 1 amide bonds. The zero-order valence-corrected chi connectivity index (χ0v) is 10.6. The van der Waals surface area contributed by atoms with Gasteiger partial charge in [-0.2, -0.15) is 0 Å². The van der Waals surface area contributed by atoms with Gasteiger partial charge in [-0.1, -0.05) is 6.07 Å². The molecule has 0 atom stereocenters. The van der Waals surface area contributed by atoms with E-state index in [1.807, 2.05) is 6.07 Å². The summed E-state index contributed by atoms with van der Waals surface area (Å²) in [5.41, 5.74) is 6.12. The Morgan fingerprint density at radius 1 is 1.44 bits per heavy atom. The van der Waals surface area contributed by atoms with Gasteiger partial charge < -0.3 is 10.5 Å². The molecular weight excluding hydrogens is 251 g/mol. The first-order valence-corrected chi connectivity index (χ1v) is 4.49. The van der Waals surface area contributed by atoms with E-state index in [4.69, 9.17) is 10.5 Å². The predicted molar refractivity (Wildman–Crippen MR) is 67.4 cm³/mol. The Hall–Kier alpha value is -1.000. The lowest BCUT2D eigenvalue weighted by Crippen LogP contribution is -2.10. The second-order valence-electron chi connectivity index (χ2n) is 3.03. The number of ether oxygens (including phenoxy) is 1. The first-order chi connectivity index (χ1) is 6.72. The van der Waals surface area contributed by atoms with Crippen LogP contribution in [0.15, 0.2) is 18.3 Å². The summed E-state index contributed by atoms with van der Waals surface area (Å²) >= 11 is 0. The van der Waals surface area contributed by atoms with Gasteiger partial charge in [-0.15, -0.1) is 24.8 Å². The zero-order valence-electron chi connectivity index (χ0n) is 9.01. The summed E-state index contributed by atoms with van der Waals surface area (Å²) < 4.78 is 4.93. The summed E-state index contributed by atoms with van der Waals surface area (Å²) in [7, 11) is 1.58. The highest BCUT2D eigenvalue weighted by atomic mass is 35.5. The molecular formula is C10H16Cl2N2O2. The van der Waals surface area contributed by atoms with E-state index in [-0.39, 0.29) is 30.7 Å². The molecule has 0 aliphatic rings. The number of aromatic nitrogens is 1. The molecule has 0 bridgehead atoms. The molecule has 1 heterocycles. The molecule has 0 spiro atoms. The molecule has 0 aliphatic heterocycles. The molecule has 0 aliphatic carbocycles. The van der Waals surface area contributed by atoms with Crippen molar-refractivity contribution in [1.29, 1.82) is 0 Å². The van der Waals surface area contributed by atoms with E-state index in [0.29, 0.717) is 12.3 Å². The average Bonchev–Trinajstić information content (AvgIpc) is 2.18. The number of primary amides is 1. The third-order valence-corrected chi connectivity index (χ3v) is 1.90. The molecule has 1 rings (SSSR count). The number of nitrogens with two attached hydrogens (primary N) is 1. The van der Waals surface area contributed by atoms with E-state index in [0.717, 1.165) is 18.4 Å². The van der Waals surface area contributed by atoms with Crippen LogP contribution in [0.2, 0.25) is 0 Å². The molecule has 1 aromatic heterocycles. The first kappa shape index (κ1) is 17.4. The van der Waals surface area contributed by atoms with Gasteiger partial charge in [0.25, 0.3) is 0 Å². The van der Waals surface area contributed by atoms with E-state index in [9.17, 15) is 4.79 Å². The number of amides is 1. The Morgan fingerprint density at radius 2 is 2.12 bits per heavy atom. The van der Waals surface area contributed by atoms with Crippen molar-refractivity contribution < 1.29 is 9.53 Å². The van der Waals surface area contributed by atoms with Crippen molar-refractivity contribution in [1.82, 2.24) is 4.98 Å². The average molecular weight is 267 g/mol. The number of hydrogen-bond donors (Lipinski definition) is 1. The van der Waals surface area contributed by atoms with Crippen LogP contribution < -0.4 is 10.5 Å². The number of hydrogen-bond acceptors (Lipinski definition) is 3. The highest BCUT2D eigenvalue weighted by molar-refractivity contribution is 5.85. The van der Waals surface area contributed by atoms with Gasteiger partial charge in [0.2, 0.25) is 11.8 Å². The standard InChI is InChI=1S/C10H14N2O2.2ClH/c1-14-10-6-5-8(7-12-10)3-2-4-9(11)13;;/h5-7H,2-4H2,1H3,(H2,11,13);2*1H. The molecule has 1 aromatic rings. The maximum absolute atomic E-state index is 10.5. The molecule has 0 saturated heterocycles. The fraction of sp³-hybridized carbons (Fsp3) is 0.400. The molecule has 4 nitrogen and oxygen atoms in total. The van der Waals surface area contributed by atoms with Crippen molar-refractivity contribution in [3.05, 3.63) is 23.9 Å². The number of carbonyl (C=O) groups excluding carboxylic acids is 1. The van der Waals surface area contributed by atoms with E-state index >= 15 is 0 Å². The minimum absolute atomic E-state index is 0. The largest absolute Gasteiger partial charge is 0.481 e. The second-order valence-corrected chi connectivity index (χ2v) is 3.03. The maximum atomic E-state index is 10.5. The van der Waals surface area contributed by atoms with Crippen molar-refractivity contribution in [3.63, 3.8) is 0 Å². The Labute approximate surface area is 107 Å². The van der Waals surface area contributed by atoms with Gasteiger partial charge >= 0.3 is 0 Å². The number of aryl methyl sites for hydroxylation is 1. The lowest BCUT2D eigenvalue weighted by molar-refractivity contribution is -0.118. The molecule has 92 valence electrons. The molecule has 0 aromatic carbocycles. The third-order valence-electron chi connectivity index (χ3n) is 1.90. The van der Waals surface area contributed by atoms with Crippen molar-refractivity contribution in [2.24, 2.45) is 5.73 Å². The van der Waals surface area contributed by atoms with Gasteiger partial charge in [-0.05, 0) is 18.4 Å². The minimum Gasteiger partial charge on any atom is -0.481 e. The topological polar surface area (TPSA) is 65.2 Å². The fourth-order valence-corrected chi connectivity index (χ4v) is 1.15. The fourth-order valence-electron chi connectivity index (χ4n) is 1.15. The molecule has 0 saturated carbocycles. The number of methoxy groups -OCH3 is 1. The van der Waals surface area contributed by atoms with Crippen LogP contribution in [-0.4, -0.2) is 18.0 Å². The lowest BCUT2D eigenvalue weighted by Gasteiger charge is -2.01. The van der Waals surface area contributed by atoms with Gasteiger partial charge in [0.05, 0.1) is 7.11 Å². The van der Waals surface area contributed by atoms with Crippen LogP contribution in [0.25, 0.3) is 0 Å². The quantitative estimate of drug-likeness (QED) is 0.883. The van der Waals surface area contributed by atoms with Gasteiger partial charge in [0.1, 0.15) is 0 Å². The molecule has 6 heteroatoms. The van der Waals surface area contributed by atoms with E-state index in [2.05, 4.69) is 4.98 Å². The lowest BCUT2D eigenvalue weighted by atomic mass is 10.1. The summed E-state index contributed by atoms with van der Waals surface area (Å²) in [6.45, 7) is 0. The maximum Gasteiger partial charge on any atom is 0.217 e. The first-order valence-electron chi connectivity index (χ1n) is 4.49. The third kappa shape index (κ3) is 6.48. The SMILES string of the molecule is COc1ccc(CCCC(N)=O)cn1.Cl.Cl. The number of pyridine rings is 1. The van der Waals surface area contributed by atoms with Gasteiger partial charge in [0.15, 0.2) is 0 Å². The zero-order chi connectivity index (χ0) is 10.4. The highest BCUT2D eigenvalue weighted by Crippen LogP contribution is 2.08. The molecule has 16 heavy (non-hydrogen) atoms. The molecule has 0 unspecified atom stereocenters. The summed E-state index contributed by atoms with van der Waals surface area (Å²) in [5, 5.41) is 0. The van der Waals surface area contributed by atoms with Crippen molar-refractivity contribution in [2.75, 3.05) is 7.11 Å². The summed E-state index contributed by atoms with van der Waals surface area (Å²) in [6, 6.07) is 3.74. The molecule has 0 fully saturated rings. The van der Waals surface area contributed by atoms with Crippen LogP contribution >= 0.6 is 24.8 Å². The summed E-state index contributed by atoms with van der Waals surface area (Å²) in [6.07, 6.45) is 3.76. The van der Waals surface area contributed by atoms with E-state index < -0.39 is 0 Å².